The van der Waals surface area contributed by atoms with Crippen molar-refractivity contribution in [2.24, 2.45) is 0 Å². The van der Waals surface area contributed by atoms with Gasteiger partial charge in [-0.05, 0) is 29.1 Å². The van der Waals surface area contributed by atoms with Gasteiger partial charge in [0.2, 0.25) is 10.0 Å². The molecule has 0 amide bonds. The van der Waals surface area contributed by atoms with E-state index in [2.05, 4.69) is 4.98 Å². The number of hydrogen-bond acceptors (Lipinski definition) is 4. The number of hydrogen-bond donors (Lipinski definition) is 0. The van der Waals surface area contributed by atoms with E-state index in [9.17, 15) is 8.42 Å². The summed E-state index contributed by atoms with van der Waals surface area (Å²) in [7, 11) is -2.10. The molecule has 0 radical (unpaired) electrons. The van der Waals surface area contributed by atoms with Crippen LogP contribution in [0.5, 0.6) is 0 Å². The quantitative estimate of drug-likeness (QED) is 0.653. The minimum absolute atomic E-state index is 0.275. The highest BCUT2D eigenvalue weighted by molar-refractivity contribution is 7.89. The topological polar surface area (TPSA) is 59.5 Å². The summed E-state index contributed by atoms with van der Waals surface area (Å²) >= 11 is 0. The Kier molecular flexibility index (Phi) is 5.43. The minimum Gasteiger partial charge on any atom is -0.383 e. The third-order valence-electron chi connectivity index (χ3n) is 4.02. The summed E-state index contributed by atoms with van der Waals surface area (Å²) in [4.78, 5) is 4.30. The van der Waals surface area contributed by atoms with Crippen LogP contribution in [-0.4, -0.2) is 38.0 Å². The van der Waals surface area contributed by atoms with E-state index in [1.54, 1.807) is 31.6 Å². The highest BCUT2D eigenvalue weighted by atomic mass is 32.2. The molecule has 25 heavy (non-hydrogen) atoms. The van der Waals surface area contributed by atoms with Crippen LogP contribution in [0.4, 0.5) is 0 Å². The Morgan fingerprint density at radius 2 is 1.72 bits per heavy atom. The number of rotatable bonds is 7. The van der Waals surface area contributed by atoms with Gasteiger partial charge in [-0.15, -0.1) is 0 Å². The van der Waals surface area contributed by atoms with Gasteiger partial charge in [0.1, 0.15) is 0 Å². The first-order chi connectivity index (χ1) is 12.1. The molecule has 3 rings (SSSR count). The summed E-state index contributed by atoms with van der Waals surface area (Å²) in [6.45, 7) is 0.886. The van der Waals surface area contributed by atoms with Gasteiger partial charge in [0.15, 0.2) is 0 Å². The molecular formula is C19H20N2O3S. The second-order valence-electron chi connectivity index (χ2n) is 5.66. The molecule has 0 spiro atoms. The van der Waals surface area contributed by atoms with Crippen LogP contribution in [0.25, 0.3) is 10.8 Å². The highest BCUT2D eigenvalue weighted by Gasteiger charge is 2.26. The van der Waals surface area contributed by atoms with Crippen molar-refractivity contribution in [2.75, 3.05) is 20.3 Å². The highest BCUT2D eigenvalue weighted by Crippen LogP contribution is 2.26. The lowest BCUT2D eigenvalue weighted by Crippen LogP contribution is -2.33. The second-order valence-corrected chi connectivity index (χ2v) is 7.57. The Morgan fingerprint density at radius 1 is 1.00 bits per heavy atom. The number of benzene rings is 2. The first-order valence-corrected chi connectivity index (χ1v) is 9.42. The smallest absolute Gasteiger partial charge is 0.244 e. The van der Waals surface area contributed by atoms with E-state index in [4.69, 9.17) is 4.74 Å². The first kappa shape index (κ1) is 17.5. The molecule has 5 nitrogen and oxygen atoms in total. The minimum atomic E-state index is -3.67. The predicted molar refractivity (Wildman–Crippen MR) is 97.7 cm³/mol. The van der Waals surface area contributed by atoms with Gasteiger partial charge in [0.25, 0.3) is 0 Å². The summed E-state index contributed by atoms with van der Waals surface area (Å²) in [5.41, 5.74) is 0.884. The van der Waals surface area contributed by atoms with Crippen molar-refractivity contribution in [3.63, 3.8) is 0 Å². The third kappa shape index (κ3) is 3.87. The molecule has 0 atom stereocenters. The van der Waals surface area contributed by atoms with Gasteiger partial charge in [-0.25, -0.2) is 8.42 Å². The predicted octanol–water partition coefficient (Wildman–Crippen LogP) is 3.07. The Labute approximate surface area is 147 Å². The van der Waals surface area contributed by atoms with Crippen molar-refractivity contribution in [1.82, 2.24) is 9.29 Å². The number of methoxy groups -OCH3 is 1. The fraction of sp³-hybridized carbons (Fsp3) is 0.211. The zero-order chi connectivity index (χ0) is 17.7. The van der Waals surface area contributed by atoms with Gasteiger partial charge in [0, 0.05) is 38.0 Å². The molecule has 0 saturated heterocycles. The van der Waals surface area contributed by atoms with E-state index >= 15 is 0 Å². The number of pyridine rings is 1. The molecule has 2 aromatic carbocycles. The number of ether oxygens (including phenoxy) is 1. The molecular weight excluding hydrogens is 336 g/mol. The van der Waals surface area contributed by atoms with Crippen LogP contribution in [0.15, 0.2) is 71.9 Å². The van der Waals surface area contributed by atoms with Crippen molar-refractivity contribution < 1.29 is 13.2 Å². The maximum atomic E-state index is 13.3. The van der Waals surface area contributed by atoms with Crippen molar-refractivity contribution in [2.45, 2.75) is 11.4 Å². The number of nitrogens with zero attached hydrogens (tertiary/aromatic N) is 2. The fourth-order valence-electron chi connectivity index (χ4n) is 2.73. The van der Waals surface area contributed by atoms with Crippen molar-refractivity contribution in [1.29, 1.82) is 0 Å². The summed E-state index contributed by atoms with van der Waals surface area (Å²) < 4.78 is 33.2. The van der Waals surface area contributed by atoms with E-state index in [1.165, 1.54) is 4.31 Å². The van der Waals surface area contributed by atoms with Gasteiger partial charge in [0.05, 0.1) is 11.5 Å². The molecule has 130 valence electrons. The molecule has 3 aromatic rings. The van der Waals surface area contributed by atoms with Gasteiger partial charge >= 0.3 is 0 Å². The molecule has 0 aliphatic carbocycles. The Balaban J connectivity index is 2.03. The molecule has 0 bridgehead atoms. The monoisotopic (exact) mass is 356 g/mol. The maximum absolute atomic E-state index is 13.3. The van der Waals surface area contributed by atoms with E-state index in [0.717, 1.165) is 16.3 Å². The normalized spacial score (nSPS) is 11.9. The lowest BCUT2D eigenvalue weighted by Gasteiger charge is -2.23. The molecule has 0 saturated carbocycles. The Bertz CT molecular complexity index is 938. The van der Waals surface area contributed by atoms with Crippen LogP contribution in [0.2, 0.25) is 0 Å². The summed E-state index contributed by atoms with van der Waals surface area (Å²) in [5, 5.41) is 1.63. The molecule has 6 heteroatoms. The van der Waals surface area contributed by atoms with Crippen molar-refractivity contribution >= 4 is 20.8 Å². The maximum Gasteiger partial charge on any atom is 0.244 e. The molecule has 0 fully saturated rings. The zero-order valence-electron chi connectivity index (χ0n) is 14.0. The van der Waals surface area contributed by atoms with Gasteiger partial charge in [-0.2, -0.15) is 4.31 Å². The zero-order valence-corrected chi connectivity index (χ0v) is 14.8. The molecule has 0 unspecified atom stereocenters. The lowest BCUT2D eigenvalue weighted by molar-refractivity contribution is 0.177. The Hall–Kier alpha value is -2.28. The number of sulfonamides is 1. The van der Waals surface area contributed by atoms with Crippen molar-refractivity contribution in [3.8, 4) is 0 Å². The lowest BCUT2D eigenvalue weighted by atomic mass is 10.1. The van der Waals surface area contributed by atoms with E-state index in [0.29, 0.717) is 11.5 Å². The summed E-state index contributed by atoms with van der Waals surface area (Å²) in [6.07, 6.45) is 3.32. The van der Waals surface area contributed by atoms with Crippen LogP contribution < -0.4 is 0 Å². The molecule has 0 aliphatic heterocycles. The second kappa shape index (κ2) is 7.74. The van der Waals surface area contributed by atoms with Crippen LogP contribution in [-0.2, 0) is 21.3 Å². The van der Waals surface area contributed by atoms with Gasteiger partial charge in [-0.3, -0.25) is 4.98 Å². The molecule has 1 heterocycles. The van der Waals surface area contributed by atoms with Gasteiger partial charge in [-0.1, -0.05) is 36.4 Å². The van der Waals surface area contributed by atoms with Crippen molar-refractivity contribution in [3.05, 3.63) is 72.6 Å². The fourth-order valence-corrected chi connectivity index (χ4v) is 4.36. The SMILES string of the molecule is COCCN(Cc1ccncc1)S(=O)(=O)c1cccc2ccccc12. The van der Waals surface area contributed by atoms with Crippen LogP contribution in [0.1, 0.15) is 5.56 Å². The number of fused-ring (bicyclic) bond motifs is 1. The van der Waals surface area contributed by atoms with Gasteiger partial charge < -0.3 is 4.74 Å². The summed E-state index contributed by atoms with van der Waals surface area (Å²) in [5.74, 6) is 0. The molecule has 0 N–H and O–H groups in total. The Morgan fingerprint density at radius 3 is 2.48 bits per heavy atom. The van der Waals surface area contributed by atoms with E-state index in [-0.39, 0.29) is 13.1 Å². The van der Waals surface area contributed by atoms with Crippen LogP contribution >= 0.6 is 0 Å². The van der Waals surface area contributed by atoms with E-state index < -0.39 is 10.0 Å². The average molecular weight is 356 g/mol. The van der Waals surface area contributed by atoms with Crippen LogP contribution in [0.3, 0.4) is 0 Å². The van der Waals surface area contributed by atoms with E-state index in [1.807, 2.05) is 42.5 Å². The summed E-state index contributed by atoms with van der Waals surface area (Å²) in [6, 6.07) is 16.5. The number of aromatic nitrogens is 1. The average Bonchev–Trinajstić information content (AvgIpc) is 2.65. The largest absolute Gasteiger partial charge is 0.383 e. The third-order valence-corrected chi connectivity index (χ3v) is 5.92. The van der Waals surface area contributed by atoms with Crippen LogP contribution in [0, 0.1) is 0 Å². The standard InChI is InChI=1S/C19H20N2O3S/c1-24-14-13-21(15-16-9-11-20-12-10-16)25(22,23)19-8-4-6-17-5-2-3-7-18(17)19/h2-12H,13-15H2,1H3. The molecule has 1 aromatic heterocycles. The molecule has 0 aliphatic rings. The first-order valence-electron chi connectivity index (χ1n) is 7.98.